The number of aryl methyl sites for hydroxylation is 1. The van der Waals surface area contributed by atoms with Gasteiger partial charge in [0, 0.05) is 21.8 Å². The largest absolute Gasteiger partial charge is 0.334 e. The first kappa shape index (κ1) is 13.5. The van der Waals surface area contributed by atoms with Crippen LogP contribution in [0.25, 0.3) is 22.8 Å². The Morgan fingerprint density at radius 1 is 1.19 bits per heavy atom. The van der Waals surface area contributed by atoms with Crippen molar-refractivity contribution in [1.29, 1.82) is 5.26 Å². The summed E-state index contributed by atoms with van der Waals surface area (Å²) in [5.74, 6) is 0.863. The molecule has 0 atom stereocenters. The molecule has 0 radical (unpaired) electrons. The summed E-state index contributed by atoms with van der Waals surface area (Å²) >= 11 is 3.48. The third-order valence-corrected chi connectivity index (χ3v) is 3.83. The number of aromatic nitrogens is 3. The maximum atomic E-state index is 8.86. The van der Waals surface area contributed by atoms with E-state index in [4.69, 9.17) is 9.78 Å². The van der Waals surface area contributed by atoms with Gasteiger partial charge in [-0.1, -0.05) is 33.2 Å². The van der Waals surface area contributed by atoms with Crippen LogP contribution in [0.4, 0.5) is 0 Å². The summed E-state index contributed by atoms with van der Waals surface area (Å²) in [6.45, 7) is 2.01. The summed E-state index contributed by atoms with van der Waals surface area (Å²) in [4.78, 5) is 8.27. The van der Waals surface area contributed by atoms with Crippen LogP contribution in [0.2, 0.25) is 0 Å². The van der Waals surface area contributed by atoms with Crippen LogP contribution in [0.15, 0.2) is 45.5 Å². The predicted octanol–water partition coefficient (Wildman–Crippen LogP) is 3.74. The van der Waals surface area contributed by atoms with Crippen molar-refractivity contribution in [1.82, 2.24) is 15.1 Å². The smallest absolute Gasteiger partial charge is 0.258 e. The third-order valence-electron chi connectivity index (χ3n) is 2.98. The van der Waals surface area contributed by atoms with Gasteiger partial charge in [0.1, 0.15) is 11.8 Å². The van der Waals surface area contributed by atoms with Crippen molar-refractivity contribution in [2.75, 3.05) is 0 Å². The zero-order valence-corrected chi connectivity index (χ0v) is 12.6. The molecule has 0 aliphatic heterocycles. The molecular formula is C15H9BrN4O. The lowest BCUT2D eigenvalue weighted by molar-refractivity contribution is 0.432. The number of benzene rings is 1. The lowest BCUT2D eigenvalue weighted by Crippen LogP contribution is -1.85. The molecule has 21 heavy (non-hydrogen) atoms. The Balaban J connectivity index is 1.99. The zero-order chi connectivity index (χ0) is 14.8. The van der Waals surface area contributed by atoms with E-state index in [1.165, 1.54) is 0 Å². The first-order valence-electron chi connectivity index (χ1n) is 6.14. The quantitative estimate of drug-likeness (QED) is 0.710. The van der Waals surface area contributed by atoms with Gasteiger partial charge in [-0.25, -0.2) is 4.98 Å². The fourth-order valence-electron chi connectivity index (χ4n) is 1.81. The van der Waals surface area contributed by atoms with Crippen LogP contribution < -0.4 is 0 Å². The minimum absolute atomic E-state index is 0.310. The summed E-state index contributed by atoms with van der Waals surface area (Å²) in [5.41, 5.74) is 2.98. The van der Waals surface area contributed by atoms with Crippen LogP contribution in [-0.2, 0) is 0 Å². The Hall–Kier alpha value is -2.52. The van der Waals surface area contributed by atoms with Crippen molar-refractivity contribution in [2.24, 2.45) is 0 Å². The van der Waals surface area contributed by atoms with Gasteiger partial charge in [0.05, 0.1) is 0 Å². The van der Waals surface area contributed by atoms with E-state index in [9.17, 15) is 0 Å². The topological polar surface area (TPSA) is 75.6 Å². The van der Waals surface area contributed by atoms with Crippen molar-refractivity contribution in [3.05, 3.63) is 52.3 Å². The van der Waals surface area contributed by atoms with E-state index in [0.29, 0.717) is 23.0 Å². The first-order valence-corrected chi connectivity index (χ1v) is 6.93. The van der Waals surface area contributed by atoms with E-state index in [1.807, 2.05) is 31.2 Å². The van der Waals surface area contributed by atoms with Gasteiger partial charge in [-0.2, -0.15) is 10.2 Å². The molecule has 0 unspecified atom stereocenters. The van der Waals surface area contributed by atoms with Crippen LogP contribution in [0.3, 0.4) is 0 Å². The minimum atomic E-state index is 0.310. The van der Waals surface area contributed by atoms with Crippen molar-refractivity contribution >= 4 is 15.9 Å². The van der Waals surface area contributed by atoms with Gasteiger partial charge in [-0.15, -0.1) is 0 Å². The van der Waals surface area contributed by atoms with Crippen LogP contribution in [-0.4, -0.2) is 15.1 Å². The lowest BCUT2D eigenvalue weighted by atomic mass is 10.1. The molecule has 0 aliphatic carbocycles. The van der Waals surface area contributed by atoms with Gasteiger partial charge in [0.2, 0.25) is 5.82 Å². The normalized spacial score (nSPS) is 10.3. The fourth-order valence-corrected chi connectivity index (χ4v) is 2.19. The Morgan fingerprint density at radius 3 is 2.81 bits per heavy atom. The van der Waals surface area contributed by atoms with E-state index in [1.54, 1.807) is 18.3 Å². The Morgan fingerprint density at radius 2 is 2.05 bits per heavy atom. The summed E-state index contributed by atoms with van der Waals surface area (Å²) in [6.07, 6.45) is 1.54. The van der Waals surface area contributed by atoms with E-state index in [2.05, 4.69) is 31.1 Å². The van der Waals surface area contributed by atoms with Gasteiger partial charge in [-0.3, -0.25) is 0 Å². The van der Waals surface area contributed by atoms with Gasteiger partial charge >= 0.3 is 0 Å². The highest BCUT2D eigenvalue weighted by Crippen LogP contribution is 2.26. The molecular weight excluding hydrogens is 332 g/mol. The van der Waals surface area contributed by atoms with Crippen LogP contribution in [0.1, 0.15) is 11.3 Å². The predicted molar refractivity (Wildman–Crippen MR) is 80.1 cm³/mol. The summed E-state index contributed by atoms with van der Waals surface area (Å²) in [6, 6.07) is 11.2. The third kappa shape index (κ3) is 2.69. The van der Waals surface area contributed by atoms with Crippen molar-refractivity contribution in [3.63, 3.8) is 0 Å². The number of rotatable bonds is 2. The van der Waals surface area contributed by atoms with Crippen LogP contribution >= 0.6 is 15.9 Å². The van der Waals surface area contributed by atoms with E-state index >= 15 is 0 Å². The number of hydrogen-bond donors (Lipinski definition) is 0. The highest BCUT2D eigenvalue weighted by molar-refractivity contribution is 9.10. The maximum absolute atomic E-state index is 8.86. The molecule has 3 rings (SSSR count). The fraction of sp³-hybridized carbons (Fsp3) is 0.0667. The second-order valence-corrected chi connectivity index (χ2v) is 5.28. The second-order valence-electron chi connectivity index (χ2n) is 4.43. The number of pyridine rings is 1. The Labute approximate surface area is 129 Å². The molecule has 0 aliphatic rings. The van der Waals surface area contributed by atoms with E-state index < -0.39 is 0 Å². The zero-order valence-electron chi connectivity index (χ0n) is 11.0. The first-order chi connectivity index (χ1) is 10.2. The monoisotopic (exact) mass is 340 g/mol. The van der Waals surface area contributed by atoms with Crippen LogP contribution in [0, 0.1) is 18.3 Å². The molecule has 3 aromatic rings. The Kier molecular flexibility index (Phi) is 3.50. The molecule has 2 heterocycles. The standard InChI is InChI=1S/C15H9BrN4O/c1-9-2-3-10(7-13(9)16)14-19-15(21-20-14)11-4-5-18-12(6-11)8-17/h2-7H,1H3. The van der Waals surface area contributed by atoms with Crippen molar-refractivity contribution < 1.29 is 4.52 Å². The van der Waals surface area contributed by atoms with E-state index in [0.717, 1.165) is 15.6 Å². The second kappa shape index (κ2) is 5.46. The summed E-state index contributed by atoms with van der Waals surface area (Å²) in [7, 11) is 0. The number of nitrogens with zero attached hydrogens (tertiary/aromatic N) is 4. The SMILES string of the molecule is Cc1ccc(-c2noc(-c3ccnc(C#N)c3)n2)cc1Br. The molecule has 0 spiro atoms. The van der Waals surface area contributed by atoms with Gasteiger partial charge in [0.15, 0.2) is 0 Å². The molecule has 1 aromatic carbocycles. The molecule has 0 N–H and O–H groups in total. The molecule has 6 heteroatoms. The molecule has 0 saturated carbocycles. The van der Waals surface area contributed by atoms with E-state index in [-0.39, 0.29) is 0 Å². The molecule has 5 nitrogen and oxygen atoms in total. The molecule has 0 fully saturated rings. The molecule has 0 bridgehead atoms. The molecule has 102 valence electrons. The van der Waals surface area contributed by atoms with Gasteiger partial charge in [0.25, 0.3) is 5.89 Å². The summed E-state index contributed by atoms with van der Waals surface area (Å²) < 4.78 is 6.25. The minimum Gasteiger partial charge on any atom is -0.334 e. The maximum Gasteiger partial charge on any atom is 0.258 e. The molecule has 0 amide bonds. The van der Waals surface area contributed by atoms with Crippen molar-refractivity contribution in [3.8, 4) is 28.9 Å². The number of hydrogen-bond acceptors (Lipinski definition) is 5. The van der Waals surface area contributed by atoms with Gasteiger partial charge < -0.3 is 4.52 Å². The lowest BCUT2D eigenvalue weighted by Gasteiger charge is -1.99. The molecule has 2 aromatic heterocycles. The Bertz CT molecular complexity index is 851. The average molecular weight is 341 g/mol. The summed E-state index contributed by atoms with van der Waals surface area (Å²) in [5, 5.41) is 12.8. The molecule has 0 saturated heterocycles. The number of halogens is 1. The highest BCUT2D eigenvalue weighted by Gasteiger charge is 2.12. The average Bonchev–Trinajstić information content (AvgIpc) is 3.00. The van der Waals surface area contributed by atoms with Crippen molar-refractivity contribution in [2.45, 2.75) is 6.92 Å². The number of nitriles is 1. The highest BCUT2D eigenvalue weighted by atomic mass is 79.9. The van der Waals surface area contributed by atoms with Gasteiger partial charge in [-0.05, 0) is 30.7 Å². The van der Waals surface area contributed by atoms with Crippen LogP contribution in [0.5, 0.6) is 0 Å².